The van der Waals surface area contributed by atoms with Crippen LogP contribution in [0.2, 0.25) is 0 Å². The Balaban J connectivity index is 2.07. The molecule has 0 aliphatic heterocycles. The van der Waals surface area contributed by atoms with E-state index in [1.54, 1.807) is 21.0 Å². The minimum atomic E-state index is -0.905. The third-order valence-electron chi connectivity index (χ3n) is 4.47. The van der Waals surface area contributed by atoms with Crippen LogP contribution >= 0.6 is 0 Å². The summed E-state index contributed by atoms with van der Waals surface area (Å²) in [5, 5.41) is 19.7. The first kappa shape index (κ1) is 17.9. The van der Waals surface area contributed by atoms with Gasteiger partial charge in [-0.25, -0.2) is 4.68 Å². The van der Waals surface area contributed by atoms with Gasteiger partial charge in [-0.1, -0.05) is 18.1 Å². The summed E-state index contributed by atoms with van der Waals surface area (Å²) in [7, 11) is 3.26. The number of likely N-dealkylation sites (N-methyl/N-ethyl adjacent to an activating group) is 1. The Morgan fingerprint density at radius 1 is 1.42 bits per heavy atom. The van der Waals surface area contributed by atoms with Crippen LogP contribution in [0.25, 0.3) is 0 Å². The van der Waals surface area contributed by atoms with E-state index in [9.17, 15) is 19.5 Å². The van der Waals surface area contributed by atoms with Gasteiger partial charge >= 0.3 is 5.97 Å². The van der Waals surface area contributed by atoms with Crippen LogP contribution in [-0.4, -0.2) is 62.4 Å². The molecular weight excluding hydrogens is 314 g/mol. The van der Waals surface area contributed by atoms with Crippen LogP contribution in [0.5, 0.6) is 0 Å². The van der Waals surface area contributed by atoms with Crippen molar-refractivity contribution in [1.82, 2.24) is 25.2 Å². The quantitative estimate of drug-likeness (QED) is 0.788. The van der Waals surface area contributed by atoms with Crippen molar-refractivity contribution in [3.05, 3.63) is 11.9 Å². The zero-order valence-electron chi connectivity index (χ0n) is 14.2. The van der Waals surface area contributed by atoms with E-state index < -0.39 is 23.3 Å². The second kappa shape index (κ2) is 6.98. The van der Waals surface area contributed by atoms with E-state index in [1.807, 2.05) is 0 Å². The number of aliphatic carboxylic acids is 1. The molecule has 1 fully saturated rings. The summed E-state index contributed by atoms with van der Waals surface area (Å²) < 4.78 is 1.29. The molecule has 2 atom stereocenters. The minimum Gasteiger partial charge on any atom is -0.481 e. The Labute approximate surface area is 140 Å². The SMILES string of the molecule is CN(C)C(=O)Cn1cc(C(=O)NC2(C)CCCCC2C(=O)O)nn1. The van der Waals surface area contributed by atoms with Gasteiger partial charge in [-0.3, -0.25) is 14.4 Å². The Bertz CT molecular complexity index is 642. The van der Waals surface area contributed by atoms with E-state index in [2.05, 4.69) is 15.6 Å². The Kier molecular flexibility index (Phi) is 5.20. The minimum absolute atomic E-state index is 0.0116. The van der Waals surface area contributed by atoms with Gasteiger partial charge in [0.1, 0.15) is 6.54 Å². The Morgan fingerprint density at radius 3 is 2.75 bits per heavy atom. The van der Waals surface area contributed by atoms with Gasteiger partial charge in [0.2, 0.25) is 5.91 Å². The molecule has 9 nitrogen and oxygen atoms in total. The molecule has 9 heteroatoms. The first-order chi connectivity index (χ1) is 11.2. The van der Waals surface area contributed by atoms with Crippen LogP contribution < -0.4 is 5.32 Å². The highest BCUT2D eigenvalue weighted by molar-refractivity contribution is 5.93. The van der Waals surface area contributed by atoms with Gasteiger partial charge in [0.25, 0.3) is 5.91 Å². The van der Waals surface area contributed by atoms with Crippen LogP contribution in [-0.2, 0) is 16.1 Å². The largest absolute Gasteiger partial charge is 0.481 e. The Hall–Kier alpha value is -2.45. The summed E-state index contributed by atoms with van der Waals surface area (Å²) in [4.78, 5) is 36.9. The molecule has 0 bridgehead atoms. The van der Waals surface area contributed by atoms with Crippen molar-refractivity contribution in [1.29, 1.82) is 0 Å². The Morgan fingerprint density at radius 2 is 2.12 bits per heavy atom. The molecule has 1 aliphatic rings. The maximum atomic E-state index is 12.4. The summed E-state index contributed by atoms with van der Waals surface area (Å²) in [5.74, 6) is -2.18. The third kappa shape index (κ3) is 3.90. The molecule has 0 aromatic carbocycles. The summed E-state index contributed by atoms with van der Waals surface area (Å²) in [6.07, 6.45) is 4.23. The molecule has 1 aromatic rings. The lowest BCUT2D eigenvalue weighted by atomic mass is 9.74. The second-order valence-electron chi connectivity index (χ2n) is 6.60. The lowest BCUT2D eigenvalue weighted by Crippen LogP contribution is -2.55. The third-order valence-corrected chi connectivity index (χ3v) is 4.47. The van der Waals surface area contributed by atoms with Crippen LogP contribution in [0.4, 0.5) is 0 Å². The van der Waals surface area contributed by atoms with Crippen molar-refractivity contribution >= 4 is 17.8 Å². The number of carboxylic acids is 1. The van der Waals surface area contributed by atoms with Crippen molar-refractivity contribution in [2.75, 3.05) is 14.1 Å². The standard InChI is InChI=1S/C15H23N5O4/c1-15(7-5-4-6-10(15)14(23)24)16-13(22)11-8-20(18-17-11)9-12(21)19(2)3/h8,10H,4-7,9H2,1-3H3,(H,16,22)(H,23,24). The average Bonchev–Trinajstić information content (AvgIpc) is 2.95. The molecule has 132 valence electrons. The lowest BCUT2D eigenvalue weighted by molar-refractivity contribution is -0.145. The average molecular weight is 337 g/mol. The molecule has 2 rings (SSSR count). The number of nitrogens with one attached hydrogen (secondary N) is 1. The second-order valence-corrected chi connectivity index (χ2v) is 6.60. The molecule has 0 spiro atoms. The molecule has 24 heavy (non-hydrogen) atoms. The zero-order chi connectivity index (χ0) is 17.9. The summed E-state index contributed by atoms with van der Waals surface area (Å²) in [5.41, 5.74) is -0.748. The molecule has 2 unspecified atom stereocenters. The van der Waals surface area contributed by atoms with Crippen LogP contribution in [0.15, 0.2) is 6.20 Å². The lowest BCUT2D eigenvalue weighted by Gasteiger charge is -2.39. The van der Waals surface area contributed by atoms with E-state index >= 15 is 0 Å². The fourth-order valence-corrected chi connectivity index (χ4v) is 2.96. The number of rotatable bonds is 5. The number of nitrogens with zero attached hydrogens (tertiary/aromatic N) is 4. The van der Waals surface area contributed by atoms with E-state index in [0.29, 0.717) is 12.8 Å². The fourth-order valence-electron chi connectivity index (χ4n) is 2.96. The van der Waals surface area contributed by atoms with Gasteiger partial charge in [0.05, 0.1) is 17.7 Å². The van der Waals surface area contributed by atoms with Crippen LogP contribution in [0, 0.1) is 5.92 Å². The van der Waals surface area contributed by atoms with Crippen molar-refractivity contribution in [3.63, 3.8) is 0 Å². The molecule has 2 N–H and O–H groups in total. The summed E-state index contributed by atoms with van der Waals surface area (Å²) >= 11 is 0. The maximum absolute atomic E-state index is 12.4. The first-order valence-electron chi connectivity index (χ1n) is 7.88. The van der Waals surface area contributed by atoms with Crippen molar-refractivity contribution < 1.29 is 19.5 Å². The van der Waals surface area contributed by atoms with Gasteiger partial charge in [-0.05, 0) is 19.8 Å². The van der Waals surface area contributed by atoms with Gasteiger partial charge in [-0.2, -0.15) is 0 Å². The molecule has 1 heterocycles. The summed E-state index contributed by atoms with van der Waals surface area (Å²) in [6.45, 7) is 1.74. The molecule has 1 aliphatic carbocycles. The van der Waals surface area contributed by atoms with Crippen LogP contribution in [0.3, 0.4) is 0 Å². The first-order valence-corrected chi connectivity index (χ1v) is 7.88. The predicted octanol–water partition coefficient (Wildman–Crippen LogP) is 0.130. The topological polar surface area (TPSA) is 117 Å². The molecule has 1 aromatic heterocycles. The number of hydrogen-bond acceptors (Lipinski definition) is 5. The normalized spacial score (nSPS) is 23.5. The number of carbonyl (C=O) groups is 3. The number of hydrogen-bond donors (Lipinski definition) is 2. The molecular formula is C15H23N5O4. The van der Waals surface area contributed by atoms with Gasteiger partial charge < -0.3 is 15.3 Å². The summed E-state index contributed by atoms with van der Waals surface area (Å²) in [6, 6.07) is 0. The molecule has 0 radical (unpaired) electrons. The van der Waals surface area contributed by atoms with Gasteiger partial charge in [-0.15, -0.1) is 5.10 Å². The highest BCUT2D eigenvalue weighted by Gasteiger charge is 2.42. The van der Waals surface area contributed by atoms with E-state index in [4.69, 9.17) is 0 Å². The van der Waals surface area contributed by atoms with Crippen molar-refractivity contribution in [3.8, 4) is 0 Å². The van der Waals surface area contributed by atoms with Gasteiger partial charge in [0.15, 0.2) is 5.69 Å². The molecule has 2 amide bonds. The number of aromatic nitrogens is 3. The van der Waals surface area contributed by atoms with Crippen molar-refractivity contribution in [2.45, 2.75) is 44.7 Å². The highest BCUT2D eigenvalue weighted by atomic mass is 16.4. The number of amides is 2. The van der Waals surface area contributed by atoms with Crippen LogP contribution in [0.1, 0.15) is 43.1 Å². The smallest absolute Gasteiger partial charge is 0.308 e. The monoisotopic (exact) mass is 337 g/mol. The predicted molar refractivity (Wildman–Crippen MR) is 84.2 cm³/mol. The zero-order valence-corrected chi connectivity index (χ0v) is 14.2. The number of carbonyl (C=O) groups excluding carboxylic acids is 2. The van der Waals surface area contributed by atoms with E-state index in [0.717, 1.165) is 12.8 Å². The highest BCUT2D eigenvalue weighted by Crippen LogP contribution is 2.34. The van der Waals surface area contributed by atoms with Crippen molar-refractivity contribution in [2.24, 2.45) is 5.92 Å². The maximum Gasteiger partial charge on any atom is 0.308 e. The number of carboxylic acid groups (broad SMARTS) is 1. The molecule has 1 saturated carbocycles. The van der Waals surface area contributed by atoms with E-state index in [1.165, 1.54) is 15.8 Å². The fraction of sp³-hybridized carbons (Fsp3) is 0.667. The van der Waals surface area contributed by atoms with Gasteiger partial charge in [0, 0.05) is 14.1 Å². The van der Waals surface area contributed by atoms with E-state index in [-0.39, 0.29) is 18.1 Å². The molecule has 0 saturated heterocycles.